The van der Waals surface area contributed by atoms with Crippen LogP contribution in [0.15, 0.2) is 48.8 Å². The molecular formula is C18H18ClN3O2. The average Bonchev–Trinajstić information content (AvgIpc) is 2.63. The van der Waals surface area contributed by atoms with Crippen molar-refractivity contribution in [2.45, 2.75) is 0 Å². The van der Waals surface area contributed by atoms with Crippen molar-refractivity contribution in [2.75, 3.05) is 32.7 Å². The van der Waals surface area contributed by atoms with Crippen LogP contribution in [0.1, 0.15) is 20.7 Å². The van der Waals surface area contributed by atoms with E-state index in [1.807, 2.05) is 0 Å². The monoisotopic (exact) mass is 343 g/mol. The Bertz CT molecular complexity index is 711. The molecule has 0 unspecified atom stereocenters. The van der Waals surface area contributed by atoms with Crippen molar-refractivity contribution < 1.29 is 9.59 Å². The minimum absolute atomic E-state index is 0.00761. The van der Waals surface area contributed by atoms with Gasteiger partial charge in [0.2, 0.25) is 0 Å². The van der Waals surface area contributed by atoms with Crippen molar-refractivity contribution in [3.05, 3.63) is 64.9 Å². The van der Waals surface area contributed by atoms with Crippen LogP contribution in [0.25, 0.3) is 0 Å². The van der Waals surface area contributed by atoms with Crippen LogP contribution in [0.3, 0.4) is 0 Å². The third-order valence-electron chi connectivity index (χ3n) is 4.10. The number of carbonyl (C=O) groups is 2. The number of rotatable bonds is 4. The number of amides is 1. The molecule has 1 saturated heterocycles. The van der Waals surface area contributed by atoms with Crippen molar-refractivity contribution in [3.63, 3.8) is 0 Å². The van der Waals surface area contributed by atoms with E-state index in [-0.39, 0.29) is 11.7 Å². The molecule has 0 radical (unpaired) electrons. The number of ketones is 1. The zero-order chi connectivity index (χ0) is 16.9. The van der Waals surface area contributed by atoms with Gasteiger partial charge in [-0.3, -0.25) is 19.5 Å². The van der Waals surface area contributed by atoms with Gasteiger partial charge in [-0.05, 0) is 36.4 Å². The van der Waals surface area contributed by atoms with Gasteiger partial charge in [-0.1, -0.05) is 11.6 Å². The van der Waals surface area contributed by atoms with Gasteiger partial charge in [0.1, 0.15) is 0 Å². The first-order chi connectivity index (χ1) is 11.6. The molecule has 3 rings (SSSR count). The number of carbonyl (C=O) groups excluding carboxylic acids is 2. The molecule has 0 atom stereocenters. The van der Waals surface area contributed by atoms with E-state index >= 15 is 0 Å². The molecule has 1 aliphatic heterocycles. The summed E-state index contributed by atoms with van der Waals surface area (Å²) >= 11 is 5.84. The molecule has 0 bridgehead atoms. The molecule has 1 fully saturated rings. The lowest BCUT2D eigenvalue weighted by Gasteiger charge is -2.34. The van der Waals surface area contributed by atoms with Crippen LogP contribution in [0.2, 0.25) is 5.02 Å². The number of benzene rings is 1. The highest BCUT2D eigenvalue weighted by atomic mass is 35.5. The Kier molecular flexibility index (Phi) is 5.23. The fraction of sp³-hybridized carbons (Fsp3) is 0.278. The largest absolute Gasteiger partial charge is 0.336 e. The second-order valence-corrected chi connectivity index (χ2v) is 6.18. The lowest BCUT2D eigenvalue weighted by molar-refractivity contribution is 0.0624. The van der Waals surface area contributed by atoms with Crippen LogP contribution >= 0.6 is 11.6 Å². The SMILES string of the molecule is O=C(CN1CCN(C(=O)c2cccnc2)CC1)c1ccc(Cl)cc1. The Morgan fingerprint density at radius 1 is 1.00 bits per heavy atom. The van der Waals surface area contributed by atoms with E-state index in [9.17, 15) is 9.59 Å². The number of hydrogen-bond acceptors (Lipinski definition) is 4. The Morgan fingerprint density at radius 3 is 2.33 bits per heavy atom. The summed E-state index contributed by atoms with van der Waals surface area (Å²) in [6.45, 7) is 2.95. The fourth-order valence-corrected chi connectivity index (χ4v) is 2.84. The summed E-state index contributed by atoms with van der Waals surface area (Å²) in [5, 5.41) is 0.620. The van der Waals surface area contributed by atoms with Crippen LogP contribution in [0, 0.1) is 0 Å². The molecule has 0 aliphatic carbocycles. The zero-order valence-electron chi connectivity index (χ0n) is 13.2. The van der Waals surface area contributed by atoms with Crippen LogP contribution in [-0.2, 0) is 0 Å². The summed E-state index contributed by atoms with van der Waals surface area (Å²) in [7, 11) is 0. The molecule has 24 heavy (non-hydrogen) atoms. The first kappa shape index (κ1) is 16.6. The standard InChI is InChI=1S/C18H18ClN3O2/c19-16-5-3-14(4-6-16)17(23)13-21-8-10-22(11-9-21)18(24)15-2-1-7-20-12-15/h1-7,12H,8-11,13H2. The van der Waals surface area contributed by atoms with Crippen molar-refractivity contribution in [1.82, 2.24) is 14.8 Å². The van der Waals surface area contributed by atoms with E-state index in [2.05, 4.69) is 9.88 Å². The van der Waals surface area contributed by atoms with E-state index < -0.39 is 0 Å². The Labute approximate surface area is 145 Å². The Morgan fingerprint density at radius 2 is 1.71 bits per heavy atom. The quantitative estimate of drug-likeness (QED) is 0.800. The summed E-state index contributed by atoms with van der Waals surface area (Å²) in [6, 6.07) is 10.5. The number of aromatic nitrogens is 1. The van der Waals surface area contributed by atoms with Gasteiger partial charge in [0.25, 0.3) is 5.91 Å². The molecule has 6 heteroatoms. The summed E-state index contributed by atoms with van der Waals surface area (Å²) < 4.78 is 0. The maximum atomic E-state index is 12.4. The number of pyridine rings is 1. The van der Waals surface area contributed by atoms with Crippen molar-refractivity contribution in [1.29, 1.82) is 0 Å². The van der Waals surface area contributed by atoms with Gasteiger partial charge in [0.15, 0.2) is 5.78 Å². The van der Waals surface area contributed by atoms with E-state index in [1.54, 1.807) is 53.7 Å². The highest BCUT2D eigenvalue weighted by Crippen LogP contribution is 2.12. The third kappa shape index (κ3) is 3.99. The molecule has 0 N–H and O–H groups in total. The molecule has 2 aromatic rings. The zero-order valence-corrected chi connectivity index (χ0v) is 13.9. The van der Waals surface area contributed by atoms with Crippen LogP contribution in [0.4, 0.5) is 0 Å². The molecule has 0 spiro atoms. The van der Waals surface area contributed by atoms with Gasteiger partial charge in [-0.15, -0.1) is 0 Å². The smallest absolute Gasteiger partial charge is 0.255 e. The topological polar surface area (TPSA) is 53.5 Å². The molecule has 1 aliphatic rings. The summed E-state index contributed by atoms with van der Waals surface area (Å²) in [6.07, 6.45) is 3.23. The fourth-order valence-electron chi connectivity index (χ4n) is 2.71. The molecule has 124 valence electrons. The second kappa shape index (κ2) is 7.55. The van der Waals surface area contributed by atoms with Crippen molar-refractivity contribution in [3.8, 4) is 0 Å². The number of nitrogens with zero attached hydrogens (tertiary/aromatic N) is 3. The van der Waals surface area contributed by atoms with Crippen LogP contribution in [0.5, 0.6) is 0 Å². The van der Waals surface area contributed by atoms with Gasteiger partial charge in [0, 0.05) is 49.2 Å². The third-order valence-corrected chi connectivity index (χ3v) is 4.35. The first-order valence-corrected chi connectivity index (χ1v) is 8.22. The summed E-state index contributed by atoms with van der Waals surface area (Å²) in [4.78, 5) is 32.5. The second-order valence-electron chi connectivity index (χ2n) is 5.74. The van der Waals surface area contributed by atoms with Crippen molar-refractivity contribution in [2.24, 2.45) is 0 Å². The average molecular weight is 344 g/mol. The van der Waals surface area contributed by atoms with Gasteiger partial charge in [-0.2, -0.15) is 0 Å². The molecule has 1 aromatic heterocycles. The highest BCUT2D eigenvalue weighted by molar-refractivity contribution is 6.30. The minimum atomic E-state index is -0.00761. The predicted octanol–water partition coefficient (Wildman–Crippen LogP) is 2.38. The number of halogens is 1. The van der Waals surface area contributed by atoms with Crippen LogP contribution < -0.4 is 0 Å². The molecule has 0 saturated carbocycles. The maximum Gasteiger partial charge on any atom is 0.255 e. The lowest BCUT2D eigenvalue weighted by Crippen LogP contribution is -2.49. The molecule has 2 heterocycles. The van der Waals surface area contributed by atoms with Gasteiger partial charge in [-0.25, -0.2) is 0 Å². The predicted molar refractivity (Wildman–Crippen MR) is 92.4 cm³/mol. The molecule has 1 amide bonds. The lowest BCUT2D eigenvalue weighted by atomic mass is 10.1. The van der Waals surface area contributed by atoms with Gasteiger partial charge < -0.3 is 4.90 Å². The van der Waals surface area contributed by atoms with Crippen molar-refractivity contribution >= 4 is 23.3 Å². The van der Waals surface area contributed by atoms with E-state index in [0.717, 1.165) is 0 Å². The van der Waals surface area contributed by atoms with E-state index in [0.29, 0.717) is 48.9 Å². The maximum absolute atomic E-state index is 12.4. The van der Waals surface area contributed by atoms with Gasteiger partial charge >= 0.3 is 0 Å². The summed E-state index contributed by atoms with van der Waals surface area (Å²) in [5.74, 6) is 0.0606. The molecular weight excluding hydrogens is 326 g/mol. The normalized spacial score (nSPS) is 15.3. The van der Waals surface area contributed by atoms with Crippen LogP contribution in [-0.4, -0.2) is 59.2 Å². The Balaban J connectivity index is 1.53. The van der Waals surface area contributed by atoms with Gasteiger partial charge in [0.05, 0.1) is 12.1 Å². The molecule has 1 aromatic carbocycles. The van der Waals surface area contributed by atoms with E-state index in [4.69, 9.17) is 11.6 Å². The first-order valence-electron chi connectivity index (χ1n) is 7.84. The number of piperazine rings is 1. The minimum Gasteiger partial charge on any atom is -0.336 e. The summed E-state index contributed by atoms with van der Waals surface area (Å²) in [5.41, 5.74) is 1.26. The Hall–Kier alpha value is -2.24. The van der Waals surface area contributed by atoms with E-state index in [1.165, 1.54) is 0 Å². The molecule has 5 nitrogen and oxygen atoms in total. The highest BCUT2D eigenvalue weighted by Gasteiger charge is 2.23. The number of hydrogen-bond donors (Lipinski definition) is 0. The number of Topliss-reactive ketones (excluding diaryl/α,β-unsaturated/α-hetero) is 1.